The lowest BCUT2D eigenvalue weighted by Gasteiger charge is -2.32. The van der Waals surface area contributed by atoms with E-state index in [4.69, 9.17) is 5.73 Å². The Hall–Kier alpha value is -0.910. The molecule has 2 unspecified atom stereocenters. The van der Waals surface area contributed by atoms with Crippen molar-refractivity contribution in [1.29, 1.82) is 0 Å². The Morgan fingerprint density at radius 1 is 1.33 bits per heavy atom. The largest absolute Gasteiger partial charge is 0.342 e. The van der Waals surface area contributed by atoms with Gasteiger partial charge >= 0.3 is 0 Å². The maximum absolute atomic E-state index is 12.3. The average Bonchev–Trinajstić information content (AvgIpc) is 2.39. The Kier molecular flexibility index (Phi) is 7.35. The monoisotopic (exact) mass is 355 g/mol. The van der Waals surface area contributed by atoms with Gasteiger partial charge in [-0.2, -0.15) is 0 Å². The van der Waals surface area contributed by atoms with Gasteiger partial charge in [0, 0.05) is 29.6 Å². The molecule has 1 aromatic rings. The van der Waals surface area contributed by atoms with E-state index in [0.717, 1.165) is 23.1 Å². The molecule has 0 aliphatic heterocycles. The van der Waals surface area contributed by atoms with Gasteiger partial charge in [0.15, 0.2) is 0 Å². The molecule has 0 radical (unpaired) electrons. The van der Waals surface area contributed by atoms with E-state index >= 15 is 0 Å². The first kappa shape index (κ1) is 18.1. The van der Waals surface area contributed by atoms with Gasteiger partial charge in [0.1, 0.15) is 0 Å². The Labute approximate surface area is 136 Å². The summed E-state index contributed by atoms with van der Waals surface area (Å²) >= 11 is 3.49. The van der Waals surface area contributed by atoms with Gasteiger partial charge in [-0.15, -0.1) is 0 Å². The first-order valence-corrected chi connectivity index (χ1v) is 8.19. The van der Waals surface area contributed by atoms with Crippen LogP contribution >= 0.6 is 15.9 Å². The summed E-state index contributed by atoms with van der Waals surface area (Å²) in [6.07, 6.45) is 0. The molecular weight excluding hydrogens is 330 g/mol. The van der Waals surface area contributed by atoms with Crippen molar-refractivity contribution >= 4 is 21.8 Å². The average molecular weight is 356 g/mol. The van der Waals surface area contributed by atoms with Gasteiger partial charge in [-0.05, 0) is 45.5 Å². The van der Waals surface area contributed by atoms with E-state index < -0.39 is 0 Å². The Morgan fingerprint density at radius 2 is 1.95 bits per heavy atom. The molecule has 2 N–H and O–H groups in total. The molecule has 0 aromatic heterocycles. The zero-order valence-corrected chi connectivity index (χ0v) is 14.9. The summed E-state index contributed by atoms with van der Waals surface area (Å²) in [5.41, 5.74) is 7.27. The van der Waals surface area contributed by atoms with E-state index in [-0.39, 0.29) is 18.0 Å². The zero-order valence-electron chi connectivity index (χ0n) is 13.3. The van der Waals surface area contributed by atoms with Crippen molar-refractivity contribution in [2.24, 2.45) is 5.73 Å². The molecule has 0 aliphatic carbocycles. The Bertz CT molecular complexity index is 461. The molecule has 21 heavy (non-hydrogen) atoms. The second-order valence-corrected chi connectivity index (χ2v) is 6.26. The molecule has 0 saturated carbocycles. The SMILES string of the molecule is CCN(CC)C(=O)CN(C)C(c1cccc(Br)c1)C(C)N. The van der Waals surface area contributed by atoms with E-state index in [2.05, 4.69) is 28.1 Å². The molecule has 0 aliphatic rings. The highest BCUT2D eigenvalue weighted by atomic mass is 79.9. The number of nitrogens with zero attached hydrogens (tertiary/aromatic N) is 2. The minimum atomic E-state index is -0.0613. The number of amides is 1. The number of rotatable bonds is 7. The molecule has 5 heteroatoms. The number of carbonyl (C=O) groups is 1. The number of likely N-dealkylation sites (N-methyl/N-ethyl adjacent to an activating group) is 2. The van der Waals surface area contributed by atoms with E-state index in [0.29, 0.717) is 6.54 Å². The third-order valence-corrected chi connectivity index (χ3v) is 4.16. The van der Waals surface area contributed by atoms with Crippen LogP contribution in [-0.2, 0) is 4.79 Å². The predicted octanol–water partition coefficient (Wildman–Crippen LogP) is 2.64. The highest BCUT2D eigenvalue weighted by Crippen LogP contribution is 2.25. The molecule has 1 amide bonds. The van der Waals surface area contributed by atoms with Crippen LogP contribution in [0.3, 0.4) is 0 Å². The van der Waals surface area contributed by atoms with Crippen LogP contribution in [0, 0.1) is 0 Å². The smallest absolute Gasteiger partial charge is 0.236 e. The highest BCUT2D eigenvalue weighted by Gasteiger charge is 2.24. The minimum Gasteiger partial charge on any atom is -0.342 e. The third-order valence-electron chi connectivity index (χ3n) is 3.66. The van der Waals surface area contributed by atoms with Crippen molar-refractivity contribution in [2.45, 2.75) is 32.9 Å². The Morgan fingerprint density at radius 3 is 2.43 bits per heavy atom. The fourth-order valence-electron chi connectivity index (χ4n) is 2.64. The first-order valence-electron chi connectivity index (χ1n) is 7.39. The lowest BCUT2D eigenvalue weighted by Crippen LogP contribution is -2.44. The summed E-state index contributed by atoms with van der Waals surface area (Å²) in [4.78, 5) is 16.2. The topological polar surface area (TPSA) is 49.6 Å². The summed E-state index contributed by atoms with van der Waals surface area (Å²) in [7, 11) is 1.95. The first-order chi connectivity index (χ1) is 9.90. The molecule has 4 nitrogen and oxygen atoms in total. The van der Waals surface area contributed by atoms with Crippen LogP contribution in [0.5, 0.6) is 0 Å². The van der Waals surface area contributed by atoms with Crippen LogP contribution in [-0.4, -0.2) is 48.4 Å². The van der Waals surface area contributed by atoms with Crippen molar-refractivity contribution in [3.05, 3.63) is 34.3 Å². The second-order valence-electron chi connectivity index (χ2n) is 5.34. The normalized spacial score (nSPS) is 14.0. The molecule has 1 rings (SSSR count). The maximum Gasteiger partial charge on any atom is 0.236 e. The predicted molar refractivity (Wildman–Crippen MR) is 91.1 cm³/mol. The van der Waals surface area contributed by atoms with Crippen LogP contribution in [0.2, 0.25) is 0 Å². The summed E-state index contributed by atoms with van der Waals surface area (Å²) in [5.74, 6) is 0.142. The molecule has 0 bridgehead atoms. The van der Waals surface area contributed by atoms with E-state index in [1.807, 2.05) is 49.8 Å². The van der Waals surface area contributed by atoms with Crippen LogP contribution in [0.15, 0.2) is 28.7 Å². The Balaban J connectivity index is 2.88. The number of benzene rings is 1. The second kappa shape index (κ2) is 8.51. The van der Waals surface area contributed by atoms with Crippen LogP contribution in [0.1, 0.15) is 32.4 Å². The molecular formula is C16H26BrN3O. The number of hydrogen-bond donors (Lipinski definition) is 1. The van der Waals surface area contributed by atoms with Crippen LogP contribution in [0.25, 0.3) is 0 Å². The van der Waals surface area contributed by atoms with Gasteiger partial charge in [-0.3, -0.25) is 9.69 Å². The summed E-state index contributed by atoms with van der Waals surface area (Å²) < 4.78 is 1.02. The van der Waals surface area contributed by atoms with Gasteiger partial charge < -0.3 is 10.6 Å². The number of halogens is 1. The maximum atomic E-state index is 12.3. The number of hydrogen-bond acceptors (Lipinski definition) is 3. The van der Waals surface area contributed by atoms with Gasteiger partial charge in [-0.1, -0.05) is 28.1 Å². The molecule has 0 heterocycles. The van der Waals surface area contributed by atoms with E-state index in [9.17, 15) is 4.79 Å². The zero-order chi connectivity index (χ0) is 16.0. The minimum absolute atomic E-state index is 0.0158. The highest BCUT2D eigenvalue weighted by molar-refractivity contribution is 9.10. The molecule has 0 spiro atoms. The van der Waals surface area contributed by atoms with Gasteiger partial charge in [0.25, 0.3) is 0 Å². The fraction of sp³-hybridized carbons (Fsp3) is 0.562. The number of nitrogens with two attached hydrogens (primary N) is 1. The van der Waals surface area contributed by atoms with Gasteiger partial charge in [-0.25, -0.2) is 0 Å². The van der Waals surface area contributed by atoms with Crippen molar-refractivity contribution in [3.63, 3.8) is 0 Å². The third kappa shape index (κ3) is 5.09. The van der Waals surface area contributed by atoms with Crippen molar-refractivity contribution < 1.29 is 4.79 Å². The van der Waals surface area contributed by atoms with Crippen molar-refractivity contribution in [2.75, 3.05) is 26.7 Å². The fourth-order valence-corrected chi connectivity index (χ4v) is 3.05. The summed E-state index contributed by atoms with van der Waals surface area (Å²) in [6, 6.07) is 8.05. The van der Waals surface area contributed by atoms with Gasteiger partial charge in [0.2, 0.25) is 5.91 Å². The quantitative estimate of drug-likeness (QED) is 0.817. The van der Waals surface area contributed by atoms with E-state index in [1.54, 1.807) is 0 Å². The van der Waals surface area contributed by atoms with Crippen molar-refractivity contribution in [1.82, 2.24) is 9.80 Å². The van der Waals surface area contributed by atoms with Crippen LogP contribution < -0.4 is 5.73 Å². The summed E-state index contributed by atoms with van der Waals surface area (Å²) in [6.45, 7) is 7.83. The molecule has 2 atom stereocenters. The van der Waals surface area contributed by atoms with Gasteiger partial charge in [0.05, 0.1) is 6.54 Å². The number of carbonyl (C=O) groups excluding carboxylic acids is 1. The van der Waals surface area contributed by atoms with E-state index in [1.165, 1.54) is 0 Å². The molecule has 1 aromatic carbocycles. The van der Waals surface area contributed by atoms with Crippen molar-refractivity contribution in [3.8, 4) is 0 Å². The van der Waals surface area contributed by atoms with Crippen LogP contribution in [0.4, 0.5) is 0 Å². The molecule has 0 fully saturated rings. The summed E-state index contributed by atoms with van der Waals surface area (Å²) in [5, 5.41) is 0. The lowest BCUT2D eigenvalue weighted by molar-refractivity contribution is -0.132. The molecule has 118 valence electrons. The molecule has 0 saturated heterocycles. The standard InChI is InChI=1S/C16H26BrN3O/c1-5-20(6-2)15(21)11-19(4)16(12(3)18)13-8-7-9-14(17)10-13/h7-10,12,16H,5-6,11,18H2,1-4H3. The lowest BCUT2D eigenvalue weighted by atomic mass is 9.99.